The second kappa shape index (κ2) is 10.7. The fourth-order valence-corrected chi connectivity index (χ4v) is 4.59. The highest BCUT2D eigenvalue weighted by molar-refractivity contribution is 6.30. The normalized spacial score (nSPS) is 18.1. The SMILES string of the molecule is Cc1ccc2c(c1)N(CC(=O)NC(C)(C)C)C(=O)[C@H](NC(=O)Nc1cccc(Cl)c1)C[C@@H]2C(C)C. The molecule has 1 aliphatic heterocycles. The summed E-state index contributed by atoms with van der Waals surface area (Å²) in [6.07, 6.45) is 0.424. The van der Waals surface area contributed by atoms with E-state index in [9.17, 15) is 14.4 Å². The van der Waals surface area contributed by atoms with Crippen LogP contribution in [0.1, 0.15) is 58.1 Å². The third-order valence-electron chi connectivity index (χ3n) is 5.94. The van der Waals surface area contributed by atoms with Gasteiger partial charge in [-0.25, -0.2) is 4.79 Å². The van der Waals surface area contributed by atoms with E-state index in [0.29, 0.717) is 17.1 Å². The fourth-order valence-electron chi connectivity index (χ4n) is 4.40. The zero-order chi connectivity index (χ0) is 25.9. The summed E-state index contributed by atoms with van der Waals surface area (Å²) in [5.41, 5.74) is 2.80. The van der Waals surface area contributed by atoms with Crippen LogP contribution in [0.15, 0.2) is 42.5 Å². The number of nitrogens with one attached hydrogen (secondary N) is 3. The van der Waals surface area contributed by atoms with Gasteiger partial charge in [0.1, 0.15) is 12.6 Å². The molecule has 3 N–H and O–H groups in total. The molecule has 7 nitrogen and oxygen atoms in total. The van der Waals surface area contributed by atoms with Crippen LogP contribution in [0.3, 0.4) is 0 Å². The number of anilines is 2. The standard InChI is InChI=1S/C27H35ClN4O3/c1-16(2)21-14-22(30-26(35)29-19-9-7-8-18(28)13-19)25(34)32(15-24(33)31-27(4,5)6)23-12-17(3)10-11-20(21)23/h7-13,16,21-22H,14-15H2,1-6H3,(H,31,33)(H2,29,30,35)/t21-,22-/m1/s1. The van der Waals surface area contributed by atoms with E-state index in [1.807, 2.05) is 45.9 Å². The quantitative estimate of drug-likeness (QED) is 0.527. The van der Waals surface area contributed by atoms with Crippen molar-refractivity contribution < 1.29 is 14.4 Å². The molecular formula is C27H35ClN4O3. The molecule has 0 unspecified atom stereocenters. The van der Waals surface area contributed by atoms with Gasteiger partial charge in [0.2, 0.25) is 11.8 Å². The third-order valence-corrected chi connectivity index (χ3v) is 6.17. The van der Waals surface area contributed by atoms with Crippen LogP contribution >= 0.6 is 11.6 Å². The number of fused-ring (bicyclic) bond motifs is 1. The molecule has 0 spiro atoms. The monoisotopic (exact) mass is 498 g/mol. The maximum atomic E-state index is 13.8. The van der Waals surface area contributed by atoms with Gasteiger partial charge in [-0.2, -0.15) is 0 Å². The summed E-state index contributed by atoms with van der Waals surface area (Å²) in [5, 5.41) is 9.02. The van der Waals surface area contributed by atoms with Crippen molar-refractivity contribution in [3.63, 3.8) is 0 Å². The number of halogens is 1. The number of aryl methyl sites for hydroxylation is 1. The Morgan fingerprint density at radius 3 is 2.49 bits per heavy atom. The van der Waals surface area contributed by atoms with Crippen molar-refractivity contribution in [1.29, 1.82) is 0 Å². The van der Waals surface area contributed by atoms with Gasteiger partial charge in [0, 0.05) is 21.9 Å². The summed E-state index contributed by atoms with van der Waals surface area (Å²) in [4.78, 5) is 41.1. The Bertz CT molecular complexity index is 1110. The van der Waals surface area contributed by atoms with Gasteiger partial charge in [-0.05, 0) is 81.3 Å². The topological polar surface area (TPSA) is 90.5 Å². The predicted octanol–water partition coefficient (Wildman–Crippen LogP) is 5.23. The van der Waals surface area contributed by atoms with Crippen molar-refractivity contribution in [3.8, 4) is 0 Å². The van der Waals surface area contributed by atoms with Gasteiger partial charge in [-0.1, -0.05) is 43.6 Å². The van der Waals surface area contributed by atoms with Crippen LogP contribution in [0.25, 0.3) is 0 Å². The second-order valence-electron chi connectivity index (χ2n) is 10.5. The molecule has 1 heterocycles. The molecule has 0 aliphatic carbocycles. The molecule has 0 saturated heterocycles. The first kappa shape index (κ1) is 26.5. The number of nitrogens with zero attached hydrogens (tertiary/aromatic N) is 1. The van der Waals surface area contributed by atoms with E-state index in [-0.39, 0.29) is 30.2 Å². The minimum Gasteiger partial charge on any atom is -0.350 e. The highest BCUT2D eigenvalue weighted by Crippen LogP contribution is 2.39. The Kier molecular flexibility index (Phi) is 8.11. The molecule has 35 heavy (non-hydrogen) atoms. The molecule has 188 valence electrons. The van der Waals surface area contributed by atoms with Crippen molar-refractivity contribution in [2.45, 2.75) is 65.5 Å². The smallest absolute Gasteiger partial charge is 0.319 e. The lowest BCUT2D eigenvalue weighted by atomic mass is 9.83. The Morgan fingerprint density at radius 2 is 1.86 bits per heavy atom. The van der Waals surface area contributed by atoms with Crippen LogP contribution in [0, 0.1) is 12.8 Å². The second-order valence-corrected chi connectivity index (χ2v) is 11.0. The van der Waals surface area contributed by atoms with Gasteiger partial charge in [0.05, 0.1) is 0 Å². The third kappa shape index (κ3) is 6.98. The molecular weight excluding hydrogens is 464 g/mol. The zero-order valence-electron chi connectivity index (χ0n) is 21.2. The van der Waals surface area contributed by atoms with Gasteiger partial charge >= 0.3 is 6.03 Å². The molecule has 8 heteroatoms. The van der Waals surface area contributed by atoms with Gasteiger partial charge in [-0.3, -0.25) is 9.59 Å². The van der Waals surface area contributed by atoms with E-state index < -0.39 is 17.6 Å². The van der Waals surface area contributed by atoms with Crippen LogP contribution in [-0.2, 0) is 9.59 Å². The average Bonchev–Trinajstić information content (AvgIpc) is 2.83. The minimum atomic E-state index is -0.809. The molecule has 2 atom stereocenters. The van der Waals surface area contributed by atoms with E-state index in [1.54, 1.807) is 24.3 Å². The number of urea groups is 1. The summed E-state index contributed by atoms with van der Waals surface area (Å²) >= 11 is 6.03. The number of carbonyl (C=O) groups excluding carboxylic acids is 3. The molecule has 0 aromatic heterocycles. The summed E-state index contributed by atoms with van der Waals surface area (Å²) < 4.78 is 0. The highest BCUT2D eigenvalue weighted by Gasteiger charge is 2.38. The van der Waals surface area contributed by atoms with E-state index in [4.69, 9.17) is 11.6 Å². The van der Waals surface area contributed by atoms with Gasteiger partial charge < -0.3 is 20.9 Å². The van der Waals surface area contributed by atoms with Crippen LogP contribution in [0.2, 0.25) is 5.02 Å². The van der Waals surface area contributed by atoms with Crippen molar-refractivity contribution >= 4 is 40.8 Å². The summed E-state index contributed by atoms with van der Waals surface area (Å²) in [5.74, 6) is -0.344. The number of carbonyl (C=O) groups is 3. The lowest BCUT2D eigenvalue weighted by Gasteiger charge is -2.28. The van der Waals surface area contributed by atoms with Crippen LogP contribution in [0.4, 0.5) is 16.2 Å². The fraction of sp³-hybridized carbons (Fsp3) is 0.444. The first-order valence-electron chi connectivity index (χ1n) is 11.9. The van der Waals surface area contributed by atoms with Crippen LogP contribution in [0.5, 0.6) is 0 Å². The average molecular weight is 499 g/mol. The zero-order valence-corrected chi connectivity index (χ0v) is 22.0. The first-order chi connectivity index (χ1) is 16.3. The van der Waals surface area contributed by atoms with Gasteiger partial charge in [-0.15, -0.1) is 0 Å². The summed E-state index contributed by atoms with van der Waals surface area (Å²) in [6.45, 7) is 11.7. The highest BCUT2D eigenvalue weighted by atomic mass is 35.5. The van der Waals surface area contributed by atoms with Crippen LogP contribution < -0.4 is 20.9 Å². The number of amides is 4. The Balaban J connectivity index is 1.94. The Labute approximate surface area is 212 Å². The van der Waals surface area contributed by atoms with E-state index in [2.05, 4.69) is 29.8 Å². The molecule has 0 bridgehead atoms. The van der Waals surface area contributed by atoms with E-state index in [0.717, 1.165) is 16.8 Å². The molecule has 0 fully saturated rings. The molecule has 1 aliphatic rings. The van der Waals surface area contributed by atoms with Gasteiger partial charge in [0.25, 0.3) is 0 Å². The number of rotatable bonds is 5. The first-order valence-corrected chi connectivity index (χ1v) is 12.3. The summed E-state index contributed by atoms with van der Waals surface area (Å²) in [6, 6.07) is 11.5. The maximum absolute atomic E-state index is 13.8. The lowest BCUT2D eigenvalue weighted by Crippen LogP contribution is -2.53. The molecule has 2 aromatic rings. The lowest BCUT2D eigenvalue weighted by molar-refractivity contribution is -0.125. The number of benzene rings is 2. The number of hydrogen-bond acceptors (Lipinski definition) is 3. The van der Waals surface area contributed by atoms with Crippen molar-refractivity contribution in [1.82, 2.24) is 10.6 Å². The predicted molar refractivity (Wildman–Crippen MR) is 141 cm³/mol. The minimum absolute atomic E-state index is 0.0155. The Morgan fingerprint density at radius 1 is 1.14 bits per heavy atom. The number of hydrogen-bond donors (Lipinski definition) is 3. The van der Waals surface area contributed by atoms with Crippen LogP contribution in [-0.4, -0.2) is 36.0 Å². The van der Waals surface area contributed by atoms with E-state index >= 15 is 0 Å². The largest absolute Gasteiger partial charge is 0.350 e. The molecule has 4 amide bonds. The molecule has 2 aromatic carbocycles. The Hall–Kier alpha value is -3.06. The molecule has 0 saturated carbocycles. The van der Waals surface area contributed by atoms with E-state index in [1.165, 1.54) is 4.90 Å². The van der Waals surface area contributed by atoms with Crippen molar-refractivity contribution in [2.24, 2.45) is 5.92 Å². The molecule has 0 radical (unpaired) electrons. The van der Waals surface area contributed by atoms with Gasteiger partial charge in [0.15, 0.2) is 0 Å². The molecule has 3 rings (SSSR count). The van der Waals surface area contributed by atoms with Crippen molar-refractivity contribution in [2.75, 3.05) is 16.8 Å². The maximum Gasteiger partial charge on any atom is 0.319 e. The van der Waals surface area contributed by atoms with Crippen molar-refractivity contribution in [3.05, 3.63) is 58.6 Å². The summed E-state index contributed by atoms with van der Waals surface area (Å²) in [7, 11) is 0.